The standard InChI is InChI=1S/C5H11NO2S.K/c1-9-3-2-4(6)5(7)8;/h4H,2-3,6H2,1H3,(H,7,8);/q;+1/p-1. The molecule has 0 fully saturated rings. The molecule has 5 heteroatoms. The number of rotatable bonds is 4. The van der Waals surface area contributed by atoms with Crippen LogP contribution in [0.4, 0.5) is 0 Å². The number of nitrogens with two attached hydrogens (primary N) is 1. The van der Waals surface area contributed by atoms with Crippen molar-refractivity contribution in [3.63, 3.8) is 0 Å². The van der Waals surface area contributed by atoms with Gasteiger partial charge in [-0.1, -0.05) is 0 Å². The molecule has 0 rings (SSSR count). The number of carboxylic acid groups (broad SMARTS) is 1. The summed E-state index contributed by atoms with van der Waals surface area (Å²) < 4.78 is 0. The van der Waals surface area contributed by atoms with Crippen LogP contribution in [0.5, 0.6) is 0 Å². The number of aliphatic carboxylic acids is 1. The van der Waals surface area contributed by atoms with Crippen LogP contribution in [-0.4, -0.2) is 24.0 Å². The Morgan fingerprint density at radius 3 is 2.60 bits per heavy atom. The van der Waals surface area contributed by atoms with Gasteiger partial charge in [-0.05, 0) is 18.4 Å². The van der Waals surface area contributed by atoms with Crippen molar-refractivity contribution >= 4 is 17.7 Å². The van der Waals surface area contributed by atoms with Crippen molar-refractivity contribution in [3.05, 3.63) is 0 Å². The first-order chi connectivity index (χ1) is 4.18. The Balaban J connectivity index is 0. The average molecular weight is 187 g/mol. The third kappa shape index (κ3) is 7.52. The molecule has 2 N–H and O–H groups in total. The van der Waals surface area contributed by atoms with Crippen LogP contribution in [0.2, 0.25) is 0 Å². The van der Waals surface area contributed by atoms with Crippen molar-refractivity contribution in [1.29, 1.82) is 0 Å². The molecule has 0 aliphatic carbocycles. The molecule has 1 unspecified atom stereocenters. The Labute approximate surface area is 108 Å². The Hall–Kier alpha value is 1.42. The summed E-state index contributed by atoms with van der Waals surface area (Å²) in [5, 5.41) is 9.96. The fourth-order valence-electron chi connectivity index (χ4n) is 0.363. The molecule has 0 aromatic heterocycles. The van der Waals surface area contributed by atoms with Crippen molar-refractivity contribution < 1.29 is 61.3 Å². The summed E-state index contributed by atoms with van der Waals surface area (Å²) >= 11 is 1.58. The van der Waals surface area contributed by atoms with Crippen LogP contribution in [0.25, 0.3) is 0 Å². The second-order valence-corrected chi connectivity index (χ2v) is 2.69. The van der Waals surface area contributed by atoms with Gasteiger partial charge in [-0.3, -0.25) is 0 Å². The summed E-state index contributed by atoms with van der Waals surface area (Å²) in [5.41, 5.74) is 5.13. The van der Waals surface area contributed by atoms with Gasteiger partial charge in [0.1, 0.15) is 0 Å². The van der Waals surface area contributed by atoms with Crippen molar-refractivity contribution in [2.24, 2.45) is 5.73 Å². The Bertz CT molecular complexity index is 102. The summed E-state index contributed by atoms with van der Waals surface area (Å²) in [6.45, 7) is 0. The van der Waals surface area contributed by atoms with Gasteiger partial charge in [-0.2, -0.15) is 11.8 Å². The van der Waals surface area contributed by atoms with E-state index >= 15 is 0 Å². The van der Waals surface area contributed by atoms with Gasteiger partial charge in [0.25, 0.3) is 0 Å². The molecular formula is C5H10KNO2S. The largest absolute Gasteiger partial charge is 1.00 e. The van der Waals surface area contributed by atoms with Crippen molar-refractivity contribution in [2.75, 3.05) is 12.0 Å². The molecule has 0 saturated carbocycles. The van der Waals surface area contributed by atoms with Crippen molar-refractivity contribution in [2.45, 2.75) is 12.5 Å². The third-order valence-electron chi connectivity index (χ3n) is 0.936. The first kappa shape index (κ1) is 14.0. The number of hydrogen-bond donors (Lipinski definition) is 1. The van der Waals surface area contributed by atoms with E-state index in [1.54, 1.807) is 11.8 Å². The summed E-state index contributed by atoms with van der Waals surface area (Å²) in [6, 6.07) is -0.794. The second kappa shape index (κ2) is 8.51. The van der Waals surface area contributed by atoms with E-state index in [1.165, 1.54) is 0 Å². The average Bonchev–Trinajstić information content (AvgIpc) is 1.82. The van der Waals surface area contributed by atoms with Gasteiger partial charge in [0.15, 0.2) is 0 Å². The van der Waals surface area contributed by atoms with Gasteiger partial charge in [0.2, 0.25) is 0 Å². The first-order valence-corrected chi connectivity index (χ1v) is 4.03. The number of carbonyl (C=O) groups is 1. The predicted octanol–water partition coefficient (Wildman–Crippen LogP) is -4.18. The van der Waals surface area contributed by atoms with Crippen LogP contribution in [0, 0.1) is 0 Å². The number of hydrogen-bond acceptors (Lipinski definition) is 4. The van der Waals surface area contributed by atoms with Crippen LogP contribution < -0.4 is 62.2 Å². The molecule has 0 aromatic rings. The molecule has 0 aliphatic rings. The van der Waals surface area contributed by atoms with Crippen LogP contribution in [0.1, 0.15) is 6.42 Å². The fraction of sp³-hybridized carbons (Fsp3) is 0.800. The van der Waals surface area contributed by atoms with E-state index < -0.39 is 12.0 Å². The monoisotopic (exact) mass is 187 g/mol. The van der Waals surface area contributed by atoms with Crippen LogP contribution in [0.3, 0.4) is 0 Å². The number of carbonyl (C=O) groups excluding carboxylic acids is 1. The molecule has 3 nitrogen and oxygen atoms in total. The van der Waals surface area contributed by atoms with Gasteiger partial charge in [0, 0.05) is 6.04 Å². The van der Waals surface area contributed by atoms with Gasteiger partial charge in [-0.15, -0.1) is 0 Å². The second-order valence-electron chi connectivity index (χ2n) is 1.71. The summed E-state index contributed by atoms with van der Waals surface area (Å²) in [6.07, 6.45) is 2.39. The molecule has 0 aromatic carbocycles. The van der Waals surface area contributed by atoms with E-state index in [1.807, 2.05) is 6.26 Å². The fourth-order valence-corrected chi connectivity index (χ4v) is 0.852. The molecule has 10 heavy (non-hydrogen) atoms. The van der Waals surface area contributed by atoms with Gasteiger partial charge < -0.3 is 15.6 Å². The maximum atomic E-state index is 9.96. The van der Waals surface area contributed by atoms with E-state index in [9.17, 15) is 9.90 Å². The van der Waals surface area contributed by atoms with E-state index in [0.29, 0.717) is 6.42 Å². The van der Waals surface area contributed by atoms with E-state index in [-0.39, 0.29) is 51.4 Å². The quantitative estimate of drug-likeness (QED) is 0.454. The number of carboxylic acids is 1. The minimum absolute atomic E-state index is 0. The smallest absolute Gasteiger partial charge is 0.548 e. The minimum Gasteiger partial charge on any atom is -0.548 e. The minimum atomic E-state index is -1.16. The van der Waals surface area contributed by atoms with Crippen molar-refractivity contribution in [1.82, 2.24) is 0 Å². The molecule has 0 radical (unpaired) electrons. The molecule has 0 saturated heterocycles. The Morgan fingerprint density at radius 1 is 1.80 bits per heavy atom. The Kier molecular flexibility index (Phi) is 11.9. The number of thioether (sulfide) groups is 1. The van der Waals surface area contributed by atoms with Crippen LogP contribution in [0.15, 0.2) is 0 Å². The molecule has 0 spiro atoms. The third-order valence-corrected chi connectivity index (χ3v) is 1.58. The zero-order valence-corrected chi connectivity index (χ0v) is 10.2. The summed E-state index contributed by atoms with van der Waals surface area (Å²) in [4.78, 5) is 9.96. The SMILES string of the molecule is CSCCC(N)C(=O)[O-].[K+]. The maximum absolute atomic E-state index is 9.96. The molecule has 1 atom stereocenters. The maximum Gasteiger partial charge on any atom is 1.00 e. The van der Waals surface area contributed by atoms with Crippen LogP contribution in [-0.2, 0) is 4.79 Å². The molecule has 54 valence electrons. The zero-order chi connectivity index (χ0) is 7.28. The Morgan fingerprint density at radius 2 is 2.30 bits per heavy atom. The first-order valence-electron chi connectivity index (χ1n) is 2.64. The van der Waals surface area contributed by atoms with Gasteiger partial charge in [0.05, 0.1) is 5.97 Å². The van der Waals surface area contributed by atoms with Crippen LogP contribution >= 0.6 is 11.8 Å². The zero-order valence-electron chi connectivity index (χ0n) is 6.29. The van der Waals surface area contributed by atoms with Crippen molar-refractivity contribution in [3.8, 4) is 0 Å². The topological polar surface area (TPSA) is 66.2 Å². The molecule has 0 amide bonds. The summed E-state index contributed by atoms with van der Waals surface area (Å²) in [7, 11) is 0. The normalized spacial score (nSPS) is 11.8. The summed E-state index contributed by atoms with van der Waals surface area (Å²) in [5.74, 6) is -0.390. The van der Waals surface area contributed by atoms with E-state index in [4.69, 9.17) is 5.73 Å². The van der Waals surface area contributed by atoms with E-state index in [0.717, 1.165) is 5.75 Å². The van der Waals surface area contributed by atoms with E-state index in [2.05, 4.69) is 0 Å². The predicted molar refractivity (Wildman–Crippen MR) is 36.0 cm³/mol. The molecule has 0 aliphatic heterocycles. The molecule has 0 heterocycles. The van der Waals surface area contributed by atoms with Gasteiger partial charge >= 0.3 is 51.4 Å². The van der Waals surface area contributed by atoms with Gasteiger partial charge in [-0.25, -0.2) is 0 Å². The molecular weight excluding hydrogens is 177 g/mol. The molecule has 0 bridgehead atoms.